The molecule has 0 radical (unpaired) electrons. The summed E-state index contributed by atoms with van der Waals surface area (Å²) in [6.45, 7) is 5.00. The second kappa shape index (κ2) is 8.56. The Kier molecular flexibility index (Phi) is 5.63. The number of imidazole rings is 1. The molecule has 0 atom stereocenters. The number of nitrogens with zero attached hydrogens (tertiary/aromatic N) is 6. The molecule has 5 rings (SSSR count). The molecule has 3 saturated heterocycles. The Morgan fingerprint density at radius 3 is 2.48 bits per heavy atom. The van der Waals surface area contributed by atoms with E-state index in [1.165, 1.54) is 0 Å². The van der Waals surface area contributed by atoms with Crippen LogP contribution in [0.5, 0.6) is 0 Å². The zero-order valence-corrected chi connectivity index (χ0v) is 17.8. The molecular formula is C19H24ClN7O4. The van der Waals surface area contributed by atoms with Crippen molar-refractivity contribution in [2.75, 3.05) is 64.1 Å². The standard InChI is InChI=1S/C19H24ClN7O4/c20-19-23-15-14(17(24-19)25-5-8-30-9-6-25)21-16(22-15)18(29)26-3-1-12(2-4-26)27-7-10-31-11-13(27)28/h12H,1-11H2,(H,21,22,23,24). The number of hydrogen-bond donors (Lipinski definition) is 1. The molecule has 0 spiro atoms. The van der Waals surface area contributed by atoms with Crippen LogP contribution in [0.4, 0.5) is 5.82 Å². The zero-order chi connectivity index (χ0) is 21.4. The highest BCUT2D eigenvalue weighted by Crippen LogP contribution is 2.26. The summed E-state index contributed by atoms with van der Waals surface area (Å²) < 4.78 is 10.6. The van der Waals surface area contributed by atoms with Crippen LogP contribution < -0.4 is 4.90 Å². The van der Waals surface area contributed by atoms with E-state index in [1.807, 2.05) is 9.80 Å². The van der Waals surface area contributed by atoms with Crippen molar-refractivity contribution >= 4 is 40.4 Å². The topological polar surface area (TPSA) is 117 Å². The Morgan fingerprint density at radius 1 is 1.00 bits per heavy atom. The van der Waals surface area contributed by atoms with Gasteiger partial charge < -0.3 is 29.2 Å². The van der Waals surface area contributed by atoms with E-state index in [-0.39, 0.29) is 35.6 Å². The molecular weight excluding hydrogens is 426 g/mol. The molecule has 166 valence electrons. The normalized spacial score (nSPS) is 21.2. The van der Waals surface area contributed by atoms with Crippen LogP contribution in [-0.2, 0) is 14.3 Å². The molecule has 2 aromatic rings. The van der Waals surface area contributed by atoms with Gasteiger partial charge in [-0.05, 0) is 24.4 Å². The van der Waals surface area contributed by atoms with Gasteiger partial charge in [0.2, 0.25) is 11.2 Å². The quantitative estimate of drug-likeness (QED) is 0.665. The van der Waals surface area contributed by atoms with E-state index in [4.69, 9.17) is 21.1 Å². The van der Waals surface area contributed by atoms with Crippen molar-refractivity contribution in [3.63, 3.8) is 0 Å². The Bertz CT molecular complexity index is 985. The fourth-order valence-corrected chi connectivity index (χ4v) is 4.57. The average Bonchev–Trinajstić information content (AvgIpc) is 3.23. The van der Waals surface area contributed by atoms with Gasteiger partial charge in [0.25, 0.3) is 5.91 Å². The number of aromatic nitrogens is 4. The second-order valence-corrected chi connectivity index (χ2v) is 8.20. The summed E-state index contributed by atoms with van der Waals surface area (Å²) >= 11 is 6.12. The third-order valence-corrected chi connectivity index (χ3v) is 6.20. The SMILES string of the molecule is O=C(c1nc2c(N3CCOCC3)nc(Cl)nc2[nH]1)N1CCC(N2CCOCC2=O)CC1. The van der Waals surface area contributed by atoms with Crippen molar-refractivity contribution in [3.8, 4) is 0 Å². The highest BCUT2D eigenvalue weighted by atomic mass is 35.5. The first-order valence-electron chi connectivity index (χ1n) is 10.5. The summed E-state index contributed by atoms with van der Waals surface area (Å²) in [4.78, 5) is 47.0. The molecule has 0 aliphatic carbocycles. The second-order valence-electron chi connectivity index (χ2n) is 7.86. The highest BCUT2D eigenvalue weighted by molar-refractivity contribution is 6.28. The minimum absolute atomic E-state index is 0.0272. The number of H-pyrrole nitrogens is 1. The van der Waals surface area contributed by atoms with Crippen LogP contribution >= 0.6 is 11.6 Å². The van der Waals surface area contributed by atoms with E-state index in [9.17, 15) is 9.59 Å². The number of halogens is 1. The van der Waals surface area contributed by atoms with Crippen molar-refractivity contribution in [2.24, 2.45) is 0 Å². The van der Waals surface area contributed by atoms with Gasteiger partial charge in [0.15, 0.2) is 22.8 Å². The maximum Gasteiger partial charge on any atom is 0.289 e. The summed E-state index contributed by atoms with van der Waals surface area (Å²) in [6.07, 6.45) is 1.48. The van der Waals surface area contributed by atoms with Crippen molar-refractivity contribution < 1.29 is 19.1 Å². The molecule has 31 heavy (non-hydrogen) atoms. The van der Waals surface area contributed by atoms with E-state index in [2.05, 4.69) is 19.9 Å². The van der Waals surface area contributed by atoms with Gasteiger partial charge in [0.1, 0.15) is 6.61 Å². The van der Waals surface area contributed by atoms with E-state index in [0.29, 0.717) is 69.5 Å². The lowest BCUT2D eigenvalue weighted by atomic mass is 10.0. The summed E-state index contributed by atoms with van der Waals surface area (Å²) in [5.41, 5.74) is 0.974. The zero-order valence-electron chi connectivity index (χ0n) is 17.0. The van der Waals surface area contributed by atoms with Crippen LogP contribution in [0.15, 0.2) is 0 Å². The lowest BCUT2D eigenvalue weighted by Gasteiger charge is -2.39. The maximum absolute atomic E-state index is 13.1. The van der Waals surface area contributed by atoms with Gasteiger partial charge in [-0.2, -0.15) is 9.97 Å². The number of nitrogens with one attached hydrogen (secondary N) is 1. The molecule has 1 N–H and O–H groups in total. The first-order chi connectivity index (χ1) is 15.1. The Morgan fingerprint density at radius 2 is 1.74 bits per heavy atom. The van der Waals surface area contributed by atoms with Crippen LogP contribution in [0.25, 0.3) is 11.2 Å². The van der Waals surface area contributed by atoms with Crippen molar-refractivity contribution in [3.05, 3.63) is 11.1 Å². The first-order valence-corrected chi connectivity index (χ1v) is 10.9. The number of aromatic amines is 1. The van der Waals surface area contributed by atoms with Crippen molar-refractivity contribution in [2.45, 2.75) is 18.9 Å². The fourth-order valence-electron chi connectivity index (χ4n) is 4.40. The maximum atomic E-state index is 13.1. The lowest BCUT2D eigenvalue weighted by Crippen LogP contribution is -2.52. The number of likely N-dealkylation sites (tertiary alicyclic amines) is 1. The number of carbonyl (C=O) groups is 2. The number of hydrogen-bond acceptors (Lipinski definition) is 8. The van der Waals surface area contributed by atoms with E-state index < -0.39 is 0 Å². The molecule has 0 saturated carbocycles. The largest absolute Gasteiger partial charge is 0.378 e. The molecule has 0 aromatic carbocycles. The number of fused-ring (bicyclic) bond motifs is 1. The van der Waals surface area contributed by atoms with Crippen LogP contribution in [0.3, 0.4) is 0 Å². The van der Waals surface area contributed by atoms with Gasteiger partial charge in [-0.3, -0.25) is 9.59 Å². The minimum atomic E-state index is -0.186. The van der Waals surface area contributed by atoms with Gasteiger partial charge in [-0.25, -0.2) is 4.98 Å². The number of amides is 2. The van der Waals surface area contributed by atoms with Crippen LogP contribution in [0.2, 0.25) is 5.28 Å². The number of carbonyl (C=O) groups excluding carboxylic acids is 2. The molecule has 3 aliphatic heterocycles. The van der Waals surface area contributed by atoms with Crippen molar-refractivity contribution in [1.29, 1.82) is 0 Å². The Hall–Kier alpha value is -2.50. The number of ether oxygens (including phenoxy) is 2. The molecule has 0 unspecified atom stereocenters. The van der Waals surface area contributed by atoms with Crippen molar-refractivity contribution in [1.82, 2.24) is 29.7 Å². The summed E-state index contributed by atoms with van der Waals surface area (Å²) in [6, 6.07) is 0.147. The minimum Gasteiger partial charge on any atom is -0.378 e. The van der Waals surface area contributed by atoms with Crippen LogP contribution in [-0.4, -0.2) is 107 Å². The van der Waals surface area contributed by atoms with Gasteiger partial charge in [0, 0.05) is 38.8 Å². The summed E-state index contributed by atoms with van der Waals surface area (Å²) in [5.74, 6) is 0.674. The molecule has 5 heterocycles. The molecule has 3 fully saturated rings. The third-order valence-electron chi connectivity index (χ3n) is 6.03. The first kappa shape index (κ1) is 20.4. The number of anilines is 1. The molecule has 12 heteroatoms. The molecule has 2 aromatic heterocycles. The van der Waals surface area contributed by atoms with E-state index in [0.717, 1.165) is 12.8 Å². The fraction of sp³-hybridized carbons (Fsp3) is 0.632. The molecule has 11 nitrogen and oxygen atoms in total. The van der Waals surface area contributed by atoms with Gasteiger partial charge >= 0.3 is 0 Å². The Labute approximate surface area is 183 Å². The molecule has 0 bridgehead atoms. The predicted molar refractivity (Wildman–Crippen MR) is 111 cm³/mol. The average molecular weight is 450 g/mol. The predicted octanol–water partition coefficient (Wildman–Crippen LogP) is 0.306. The van der Waals surface area contributed by atoms with E-state index >= 15 is 0 Å². The smallest absolute Gasteiger partial charge is 0.289 e. The lowest BCUT2D eigenvalue weighted by molar-refractivity contribution is -0.146. The number of rotatable bonds is 3. The Balaban J connectivity index is 1.32. The van der Waals surface area contributed by atoms with Gasteiger partial charge in [-0.1, -0.05) is 0 Å². The number of piperidine rings is 1. The summed E-state index contributed by atoms with van der Waals surface area (Å²) in [5, 5.41) is 0.104. The van der Waals surface area contributed by atoms with Crippen LogP contribution in [0, 0.1) is 0 Å². The monoisotopic (exact) mass is 449 g/mol. The van der Waals surface area contributed by atoms with E-state index in [1.54, 1.807) is 4.90 Å². The third kappa shape index (κ3) is 4.04. The van der Waals surface area contributed by atoms with Crippen LogP contribution in [0.1, 0.15) is 23.5 Å². The van der Waals surface area contributed by atoms with Gasteiger partial charge in [0.05, 0.1) is 19.8 Å². The number of morpholine rings is 2. The highest BCUT2D eigenvalue weighted by Gasteiger charge is 2.32. The summed E-state index contributed by atoms with van der Waals surface area (Å²) in [7, 11) is 0. The van der Waals surface area contributed by atoms with Gasteiger partial charge in [-0.15, -0.1) is 0 Å². The molecule has 2 amide bonds. The molecule has 3 aliphatic rings.